The third-order valence-corrected chi connectivity index (χ3v) is 5.36. The standard InChI is InChI=1S/C24H25NO2S/c1-19-17-20(18-28-22-11-6-3-7-12-22)14-15-23(19)25-24(26)13-8-16-27-21-9-4-2-5-10-21/h2-7,9-12,14-15,17H,8,13,16,18H2,1H3,(H,25,26). The Hall–Kier alpha value is -2.72. The number of amides is 1. The summed E-state index contributed by atoms with van der Waals surface area (Å²) in [5, 5.41) is 3.01. The lowest BCUT2D eigenvalue weighted by atomic mass is 10.1. The maximum absolute atomic E-state index is 12.2. The fourth-order valence-electron chi connectivity index (χ4n) is 2.79. The van der Waals surface area contributed by atoms with E-state index in [1.807, 2.05) is 61.2 Å². The van der Waals surface area contributed by atoms with Gasteiger partial charge in [-0.15, -0.1) is 11.8 Å². The molecule has 4 heteroatoms. The number of para-hydroxylation sites is 1. The van der Waals surface area contributed by atoms with Gasteiger partial charge in [-0.05, 0) is 54.8 Å². The van der Waals surface area contributed by atoms with Gasteiger partial charge in [-0.1, -0.05) is 48.5 Å². The molecule has 144 valence electrons. The first-order chi connectivity index (χ1) is 13.7. The maximum Gasteiger partial charge on any atom is 0.224 e. The molecule has 0 aliphatic carbocycles. The Bertz CT molecular complexity index is 882. The molecule has 1 amide bonds. The smallest absolute Gasteiger partial charge is 0.224 e. The fraction of sp³-hybridized carbons (Fsp3) is 0.208. The monoisotopic (exact) mass is 391 g/mol. The third kappa shape index (κ3) is 6.46. The highest BCUT2D eigenvalue weighted by Crippen LogP contribution is 2.25. The van der Waals surface area contributed by atoms with Crippen LogP contribution in [-0.4, -0.2) is 12.5 Å². The Morgan fingerprint density at radius 1 is 0.964 bits per heavy atom. The van der Waals surface area contributed by atoms with Gasteiger partial charge in [0, 0.05) is 22.8 Å². The molecule has 3 nitrogen and oxygen atoms in total. The predicted octanol–water partition coefficient (Wildman–Crippen LogP) is 6.09. The van der Waals surface area contributed by atoms with Crippen LogP contribution in [-0.2, 0) is 10.5 Å². The van der Waals surface area contributed by atoms with Crippen LogP contribution >= 0.6 is 11.8 Å². The van der Waals surface area contributed by atoms with Crippen molar-refractivity contribution in [2.75, 3.05) is 11.9 Å². The molecule has 1 N–H and O–H groups in total. The molecule has 0 atom stereocenters. The van der Waals surface area contributed by atoms with E-state index in [4.69, 9.17) is 4.74 Å². The van der Waals surface area contributed by atoms with E-state index in [0.717, 1.165) is 22.8 Å². The van der Waals surface area contributed by atoms with Gasteiger partial charge in [-0.3, -0.25) is 4.79 Å². The number of rotatable bonds is 9. The first-order valence-corrected chi connectivity index (χ1v) is 10.4. The summed E-state index contributed by atoms with van der Waals surface area (Å²) in [4.78, 5) is 13.5. The lowest BCUT2D eigenvalue weighted by molar-refractivity contribution is -0.116. The fourth-order valence-corrected chi connectivity index (χ4v) is 3.65. The maximum atomic E-state index is 12.2. The van der Waals surface area contributed by atoms with E-state index in [-0.39, 0.29) is 5.91 Å². The summed E-state index contributed by atoms with van der Waals surface area (Å²) >= 11 is 1.81. The molecule has 0 fully saturated rings. The summed E-state index contributed by atoms with van der Waals surface area (Å²) in [6.07, 6.45) is 1.13. The Morgan fingerprint density at radius 3 is 2.39 bits per heavy atom. The molecule has 0 bridgehead atoms. The molecule has 3 aromatic rings. The molecule has 0 aliphatic heterocycles. The van der Waals surface area contributed by atoms with Crippen LogP contribution in [0.3, 0.4) is 0 Å². The van der Waals surface area contributed by atoms with Crippen LogP contribution in [0, 0.1) is 6.92 Å². The number of nitrogens with one attached hydrogen (secondary N) is 1. The van der Waals surface area contributed by atoms with E-state index in [0.29, 0.717) is 19.4 Å². The first kappa shape index (κ1) is 20.0. The van der Waals surface area contributed by atoms with Crippen molar-refractivity contribution in [3.8, 4) is 5.75 Å². The zero-order valence-electron chi connectivity index (χ0n) is 16.1. The second-order valence-electron chi connectivity index (χ2n) is 6.56. The van der Waals surface area contributed by atoms with Crippen LogP contribution in [0.15, 0.2) is 83.8 Å². The topological polar surface area (TPSA) is 38.3 Å². The highest BCUT2D eigenvalue weighted by atomic mass is 32.2. The van der Waals surface area contributed by atoms with E-state index in [2.05, 4.69) is 41.7 Å². The number of hydrogen-bond donors (Lipinski definition) is 1. The summed E-state index contributed by atoms with van der Waals surface area (Å²) < 4.78 is 5.63. The molecule has 0 radical (unpaired) electrons. The van der Waals surface area contributed by atoms with Gasteiger partial charge >= 0.3 is 0 Å². The van der Waals surface area contributed by atoms with Gasteiger partial charge in [-0.25, -0.2) is 0 Å². The molecular formula is C24H25NO2S. The number of aryl methyl sites for hydroxylation is 1. The minimum absolute atomic E-state index is 0.0196. The largest absolute Gasteiger partial charge is 0.494 e. The lowest BCUT2D eigenvalue weighted by Gasteiger charge is -2.11. The van der Waals surface area contributed by atoms with E-state index in [1.54, 1.807) is 0 Å². The first-order valence-electron chi connectivity index (χ1n) is 9.46. The molecule has 0 aromatic heterocycles. The highest BCUT2D eigenvalue weighted by Gasteiger charge is 2.06. The number of thioether (sulfide) groups is 1. The van der Waals surface area contributed by atoms with Gasteiger partial charge in [0.2, 0.25) is 5.91 Å². The highest BCUT2D eigenvalue weighted by molar-refractivity contribution is 7.98. The zero-order chi connectivity index (χ0) is 19.6. The van der Waals surface area contributed by atoms with Crippen molar-refractivity contribution >= 4 is 23.4 Å². The van der Waals surface area contributed by atoms with E-state index in [9.17, 15) is 4.79 Å². The Morgan fingerprint density at radius 2 is 1.68 bits per heavy atom. The Balaban J connectivity index is 1.42. The predicted molar refractivity (Wildman–Crippen MR) is 117 cm³/mol. The van der Waals surface area contributed by atoms with E-state index < -0.39 is 0 Å². The molecule has 0 saturated heterocycles. The average molecular weight is 392 g/mol. The van der Waals surface area contributed by atoms with Crippen LogP contribution in [0.4, 0.5) is 5.69 Å². The van der Waals surface area contributed by atoms with Gasteiger partial charge in [0.1, 0.15) is 5.75 Å². The SMILES string of the molecule is Cc1cc(CSc2ccccc2)ccc1NC(=O)CCCOc1ccccc1. The zero-order valence-corrected chi connectivity index (χ0v) is 16.9. The lowest BCUT2D eigenvalue weighted by Crippen LogP contribution is -2.13. The van der Waals surface area contributed by atoms with Gasteiger partial charge in [0.05, 0.1) is 6.61 Å². The van der Waals surface area contributed by atoms with Crippen molar-refractivity contribution in [1.82, 2.24) is 0 Å². The Kier molecular flexibility index (Phi) is 7.56. The number of ether oxygens (including phenoxy) is 1. The summed E-state index contributed by atoms with van der Waals surface area (Å²) in [6.45, 7) is 2.57. The van der Waals surface area contributed by atoms with Gasteiger partial charge in [0.25, 0.3) is 0 Å². The van der Waals surface area contributed by atoms with Gasteiger partial charge in [-0.2, -0.15) is 0 Å². The normalized spacial score (nSPS) is 10.5. The molecule has 0 unspecified atom stereocenters. The van der Waals surface area contributed by atoms with Crippen molar-refractivity contribution in [2.24, 2.45) is 0 Å². The Labute approximate surface area is 171 Å². The van der Waals surface area contributed by atoms with Crippen molar-refractivity contribution in [1.29, 1.82) is 0 Å². The van der Waals surface area contributed by atoms with E-state index in [1.165, 1.54) is 10.5 Å². The van der Waals surface area contributed by atoms with Crippen LogP contribution < -0.4 is 10.1 Å². The molecule has 0 aliphatic rings. The molecular weight excluding hydrogens is 366 g/mol. The third-order valence-electron chi connectivity index (χ3n) is 4.27. The molecule has 3 rings (SSSR count). The van der Waals surface area contributed by atoms with Crippen molar-refractivity contribution in [2.45, 2.75) is 30.4 Å². The minimum atomic E-state index is 0.0196. The van der Waals surface area contributed by atoms with E-state index >= 15 is 0 Å². The van der Waals surface area contributed by atoms with Crippen LogP contribution in [0.5, 0.6) is 5.75 Å². The second kappa shape index (κ2) is 10.6. The number of hydrogen-bond acceptors (Lipinski definition) is 3. The summed E-state index contributed by atoms with van der Waals surface area (Å²) in [5.41, 5.74) is 3.21. The molecule has 0 heterocycles. The average Bonchev–Trinajstić information content (AvgIpc) is 2.73. The molecule has 0 saturated carbocycles. The van der Waals surface area contributed by atoms with Crippen molar-refractivity contribution in [3.05, 3.63) is 90.0 Å². The summed E-state index contributed by atoms with van der Waals surface area (Å²) in [6, 6.07) is 26.3. The number of carbonyl (C=O) groups excluding carboxylic acids is 1. The number of carbonyl (C=O) groups is 1. The van der Waals surface area contributed by atoms with Crippen molar-refractivity contribution < 1.29 is 9.53 Å². The minimum Gasteiger partial charge on any atom is -0.494 e. The van der Waals surface area contributed by atoms with Crippen LogP contribution in [0.1, 0.15) is 24.0 Å². The van der Waals surface area contributed by atoms with Crippen LogP contribution in [0.25, 0.3) is 0 Å². The van der Waals surface area contributed by atoms with Gasteiger partial charge < -0.3 is 10.1 Å². The summed E-state index contributed by atoms with van der Waals surface area (Å²) in [7, 11) is 0. The molecule has 28 heavy (non-hydrogen) atoms. The van der Waals surface area contributed by atoms with Crippen LogP contribution in [0.2, 0.25) is 0 Å². The number of benzene rings is 3. The number of anilines is 1. The second-order valence-corrected chi connectivity index (χ2v) is 7.61. The summed E-state index contributed by atoms with van der Waals surface area (Å²) in [5.74, 6) is 1.77. The van der Waals surface area contributed by atoms with Gasteiger partial charge in [0.15, 0.2) is 0 Å². The molecule has 3 aromatic carbocycles. The van der Waals surface area contributed by atoms with Crippen molar-refractivity contribution in [3.63, 3.8) is 0 Å². The molecule has 0 spiro atoms. The quantitative estimate of drug-likeness (QED) is 0.354.